The molecule has 0 atom stereocenters. The zero-order valence-electron chi connectivity index (χ0n) is 11.3. The lowest BCUT2D eigenvalue weighted by Crippen LogP contribution is -2.32. The van der Waals surface area contributed by atoms with Crippen LogP contribution < -0.4 is 4.72 Å². The molecule has 0 unspecified atom stereocenters. The van der Waals surface area contributed by atoms with E-state index in [-0.39, 0.29) is 12.5 Å². The van der Waals surface area contributed by atoms with Crippen LogP contribution >= 0.6 is 0 Å². The summed E-state index contributed by atoms with van der Waals surface area (Å²) in [6.07, 6.45) is 1.46. The van der Waals surface area contributed by atoms with Crippen LogP contribution in [0.2, 0.25) is 0 Å². The largest absolute Gasteiger partial charge is 0.391 e. The van der Waals surface area contributed by atoms with Crippen molar-refractivity contribution in [3.05, 3.63) is 29.3 Å². The molecule has 0 radical (unpaired) electrons. The second-order valence-electron chi connectivity index (χ2n) is 4.90. The molecule has 0 amide bonds. The molecule has 2 rings (SSSR count). The maximum atomic E-state index is 14.0. The van der Waals surface area contributed by atoms with Gasteiger partial charge in [-0.05, 0) is 30.9 Å². The molecule has 0 saturated carbocycles. The minimum atomic E-state index is -4.08. The molecular weight excluding hydrogens is 304 g/mol. The zero-order chi connectivity index (χ0) is 15.5. The van der Waals surface area contributed by atoms with Gasteiger partial charge in [0.15, 0.2) is 5.82 Å². The van der Waals surface area contributed by atoms with Gasteiger partial charge in [0, 0.05) is 19.8 Å². The first-order chi connectivity index (χ1) is 9.95. The van der Waals surface area contributed by atoms with Gasteiger partial charge in [0.1, 0.15) is 10.7 Å². The Morgan fingerprint density at radius 1 is 1.29 bits per heavy atom. The standard InChI is InChI=1S/C13H17F2NO4S/c14-11-1-2-12(13(15)10(11)8-17)21(18,19)16-7-9-3-5-20-6-4-9/h1-2,9,16-17H,3-8H2. The molecule has 2 N–H and O–H groups in total. The van der Waals surface area contributed by atoms with Crippen molar-refractivity contribution >= 4 is 10.0 Å². The Morgan fingerprint density at radius 2 is 1.95 bits per heavy atom. The van der Waals surface area contributed by atoms with E-state index in [1.54, 1.807) is 0 Å². The molecule has 1 fully saturated rings. The minimum absolute atomic E-state index is 0.134. The summed E-state index contributed by atoms with van der Waals surface area (Å²) >= 11 is 0. The highest BCUT2D eigenvalue weighted by Gasteiger charge is 2.24. The van der Waals surface area contributed by atoms with Crippen LogP contribution in [-0.4, -0.2) is 33.3 Å². The van der Waals surface area contributed by atoms with Crippen molar-refractivity contribution in [3.8, 4) is 0 Å². The van der Waals surface area contributed by atoms with Gasteiger partial charge in [-0.1, -0.05) is 0 Å². The third-order valence-electron chi connectivity index (χ3n) is 3.50. The quantitative estimate of drug-likeness (QED) is 0.853. The number of hydrogen-bond acceptors (Lipinski definition) is 4. The Bertz CT molecular complexity index is 600. The predicted molar refractivity (Wildman–Crippen MR) is 71.0 cm³/mol. The van der Waals surface area contributed by atoms with Gasteiger partial charge in [0.05, 0.1) is 12.2 Å². The monoisotopic (exact) mass is 321 g/mol. The summed E-state index contributed by atoms with van der Waals surface area (Å²) in [6.45, 7) is 0.426. The third kappa shape index (κ3) is 3.76. The van der Waals surface area contributed by atoms with Crippen molar-refractivity contribution in [3.63, 3.8) is 0 Å². The fourth-order valence-electron chi connectivity index (χ4n) is 2.18. The fourth-order valence-corrected chi connectivity index (χ4v) is 3.40. The summed E-state index contributed by atoms with van der Waals surface area (Å²) in [4.78, 5) is -0.653. The summed E-state index contributed by atoms with van der Waals surface area (Å²) in [5.41, 5.74) is -0.649. The molecule has 118 valence electrons. The Balaban J connectivity index is 2.15. The number of aliphatic hydroxyl groups excluding tert-OH is 1. The highest BCUT2D eigenvalue weighted by atomic mass is 32.2. The predicted octanol–water partition coefficient (Wildman–Crippen LogP) is 1.16. The SMILES string of the molecule is O=S(=O)(NCC1CCOCC1)c1ccc(F)c(CO)c1F. The van der Waals surface area contributed by atoms with Crippen LogP contribution in [0.4, 0.5) is 8.78 Å². The molecule has 5 nitrogen and oxygen atoms in total. The molecule has 1 aliphatic rings. The van der Waals surface area contributed by atoms with Crippen LogP contribution in [0.5, 0.6) is 0 Å². The van der Waals surface area contributed by atoms with Crippen LogP contribution in [-0.2, 0) is 21.4 Å². The highest BCUT2D eigenvalue weighted by molar-refractivity contribution is 7.89. The van der Waals surface area contributed by atoms with Gasteiger partial charge in [0.2, 0.25) is 10.0 Å². The van der Waals surface area contributed by atoms with Gasteiger partial charge in [-0.25, -0.2) is 21.9 Å². The molecule has 0 spiro atoms. The van der Waals surface area contributed by atoms with Gasteiger partial charge in [-0.2, -0.15) is 0 Å². The molecule has 1 aromatic carbocycles. The summed E-state index contributed by atoms with van der Waals surface area (Å²) in [7, 11) is -4.08. The summed E-state index contributed by atoms with van der Waals surface area (Å²) in [5, 5.41) is 8.91. The first kappa shape index (κ1) is 16.3. The van der Waals surface area contributed by atoms with Crippen LogP contribution in [0, 0.1) is 17.6 Å². The second kappa shape index (κ2) is 6.78. The van der Waals surface area contributed by atoms with E-state index in [4.69, 9.17) is 9.84 Å². The van der Waals surface area contributed by atoms with E-state index in [0.29, 0.717) is 13.2 Å². The van der Waals surface area contributed by atoms with E-state index in [0.717, 1.165) is 25.0 Å². The van der Waals surface area contributed by atoms with E-state index in [1.165, 1.54) is 0 Å². The maximum Gasteiger partial charge on any atom is 0.243 e. The van der Waals surface area contributed by atoms with Crippen molar-refractivity contribution in [2.24, 2.45) is 5.92 Å². The molecule has 0 bridgehead atoms. The van der Waals surface area contributed by atoms with Gasteiger partial charge >= 0.3 is 0 Å². The molecule has 0 aromatic heterocycles. The Kier molecular flexibility index (Phi) is 5.26. The van der Waals surface area contributed by atoms with Crippen molar-refractivity contribution in [1.82, 2.24) is 4.72 Å². The third-order valence-corrected chi connectivity index (χ3v) is 4.94. The molecule has 0 aliphatic carbocycles. The summed E-state index contributed by atoms with van der Waals surface area (Å²) < 4.78 is 58.9. The van der Waals surface area contributed by atoms with Gasteiger partial charge in [-0.3, -0.25) is 0 Å². The topological polar surface area (TPSA) is 75.6 Å². The second-order valence-corrected chi connectivity index (χ2v) is 6.64. The minimum Gasteiger partial charge on any atom is -0.391 e. The van der Waals surface area contributed by atoms with Gasteiger partial charge < -0.3 is 9.84 Å². The van der Waals surface area contributed by atoms with Crippen LogP contribution in [0.3, 0.4) is 0 Å². The Hall–Kier alpha value is -1.09. The molecule has 21 heavy (non-hydrogen) atoms. The Morgan fingerprint density at radius 3 is 2.57 bits per heavy atom. The number of nitrogens with one attached hydrogen (secondary N) is 1. The zero-order valence-corrected chi connectivity index (χ0v) is 12.1. The van der Waals surface area contributed by atoms with Crippen molar-refractivity contribution in [2.45, 2.75) is 24.3 Å². The van der Waals surface area contributed by atoms with Crippen molar-refractivity contribution in [2.75, 3.05) is 19.8 Å². The molecule has 1 aliphatic heterocycles. The van der Waals surface area contributed by atoms with Crippen LogP contribution in [0.25, 0.3) is 0 Å². The van der Waals surface area contributed by atoms with E-state index in [2.05, 4.69) is 4.72 Å². The van der Waals surface area contributed by atoms with Gasteiger partial charge in [0.25, 0.3) is 0 Å². The maximum absolute atomic E-state index is 14.0. The van der Waals surface area contributed by atoms with E-state index in [9.17, 15) is 17.2 Å². The number of sulfonamides is 1. The summed E-state index contributed by atoms with van der Waals surface area (Å²) in [5.74, 6) is -2.09. The molecule has 1 heterocycles. The average Bonchev–Trinajstić information content (AvgIpc) is 2.46. The van der Waals surface area contributed by atoms with Crippen molar-refractivity contribution in [1.29, 1.82) is 0 Å². The lowest BCUT2D eigenvalue weighted by atomic mass is 10.0. The number of rotatable bonds is 5. The fraction of sp³-hybridized carbons (Fsp3) is 0.538. The number of benzene rings is 1. The van der Waals surface area contributed by atoms with E-state index >= 15 is 0 Å². The van der Waals surface area contributed by atoms with Crippen LogP contribution in [0.15, 0.2) is 17.0 Å². The first-order valence-corrected chi connectivity index (χ1v) is 8.09. The molecular formula is C13H17F2NO4S. The van der Waals surface area contributed by atoms with Crippen molar-refractivity contribution < 1.29 is 27.0 Å². The molecule has 8 heteroatoms. The number of aliphatic hydroxyl groups is 1. The number of hydrogen-bond donors (Lipinski definition) is 2. The van der Waals surface area contributed by atoms with E-state index < -0.39 is 38.7 Å². The Labute approximate surface area is 122 Å². The highest BCUT2D eigenvalue weighted by Crippen LogP contribution is 2.22. The molecule has 1 saturated heterocycles. The summed E-state index contributed by atoms with van der Waals surface area (Å²) in [6, 6.07) is 1.69. The van der Waals surface area contributed by atoms with E-state index in [1.807, 2.05) is 0 Å². The lowest BCUT2D eigenvalue weighted by molar-refractivity contribution is 0.0678. The molecule has 1 aromatic rings. The number of ether oxygens (including phenoxy) is 1. The normalized spacial score (nSPS) is 17.1. The first-order valence-electron chi connectivity index (χ1n) is 6.61. The van der Waals surface area contributed by atoms with Crippen LogP contribution in [0.1, 0.15) is 18.4 Å². The van der Waals surface area contributed by atoms with Gasteiger partial charge in [-0.15, -0.1) is 0 Å². The number of halogens is 2. The average molecular weight is 321 g/mol. The lowest BCUT2D eigenvalue weighted by Gasteiger charge is -2.22. The smallest absolute Gasteiger partial charge is 0.243 e.